The Bertz CT molecular complexity index is 1120. The van der Waals surface area contributed by atoms with E-state index in [-0.39, 0.29) is 17.8 Å². The summed E-state index contributed by atoms with van der Waals surface area (Å²) in [5.41, 5.74) is 2.59. The second-order valence-corrected chi connectivity index (χ2v) is 8.60. The number of aromatic nitrogens is 2. The molecule has 31 heavy (non-hydrogen) atoms. The summed E-state index contributed by atoms with van der Waals surface area (Å²) in [5, 5.41) is 3.73. The predicted octanol–water partition coefficient (Wildman–Crippen LogP) is 4.48. The minimum atomic E-state index is -0.505. The fourth-order valence-electron chi connectivity index (χ4n) is 4.48. The van der Waals surface area contributed by atoms with Gasteiger partial charge in [0.2, 0.25) is 5.91 Å². The summed E-state index contributed by atoms with van der Waals surface area (Å²) in [5.74, 6) is 0.303. The third-order valence-electron chi connectivity index (χ3n) is 6.26. The zero-order chi connectivity index (χ0) is 21.4. The second-order valence-electron chi connectivity index (χ2n) is 8.17. The van der Waals surface area contributed by atoms with Crippen LogP contribution in [-0.2, 0) is 16.6 Å². The van der Waals surface area contributed by atoms with Gasteiger partial charge in [-0.3, -0.25) is 4.79 Å². The number of hydrogen-bond acceptors (Lipinski definition) is 4. The van der Waals surface area contributed by atoms with Crippen LogP contribution in [0.25, 0.3) is 11.1 Å². The molecule has 1 amide bonds. The highest BCUT2D eigenvalue weighted by Gasteiger charge is 2.45. The summed E-state index contributed by atoms with van der Waals surface area (Å²) >= 11 is 6.01. The molecule has 1 fully saturated rings. The fraction of sp³-hybridized carbons (Fsp3) is 0.292. The zero-order valence-electron chi connectivity index (χ0n) is 16.8. The monoisotopic (exact) mass is 437 g/mol. The maximum Gasteiger partial charge on any atom is 0.230 e. The van der Waals surface area contributed by atoms with Crippen LogP contribution in [0.3, 0.4) is 0 Å². The molecule has 1 aromatic heterocycles. The molecule has 1 aliphatic carbocycles. The fourth-order valence-corrected chi connectivity index (χ4v) is 4.61. The lowest BCUT2D eigenvalue weighted by Crippen LogP contribution is -2.51. The lowest BCUT2D eigenvalue weighted by atomic mass is 9.64. The van der Waals surface area contributed by atoms with Gasteiger partial charge in [0.25, 0.3) is 0 Å². The highest BCUT2D eigenvalue weighted by molar-refractivity contribution is 6.30. The van der Waals surface area contributed by atoms with E-state index in [1.165, 1.54) is 18.5 Å². The van der Waals surface area contributed by atoms with E-state index in [2.05, 4.69) is 15.3 Å². The number of amides is 1. The molecule has 1 aliphatic heterocycles. The van der Waals surface area contributed by atoms with Crippen molar-refractivity contribution in [3.63, 3.8) is 0 Å². The summed E-state index contributed by atoms with van der Waals surface area (Å²) in [4.78, 5) is 21.2. The Morgan fingerprint density at radius 1 is 1.19 bits per heavy atom. The van der Waals surface area contributed by atoms with Gasteiger partial charge in [-0.25, -0.2) is 14.4 Å². The van der Waals surface area contributed by atoms with Crippen molar-refractivity contribution >= 4 is 17.5 Å². The van der Waals surface area contributed by atoms with Crippen LogP contribution in [0.5, 0.6) is 5.75 Å². The Balaban J connectivity index is 1.30. The van der Waals surface area contributed by atoms with Gasteiger partial charge in [0, 0.05) is 40.5 Å². The van der Waals surface area contributed by atoms with Crippen molar-refractivity contribution in [3.8, 4) is 16.9 Å². The SMILES string of the molecule is O=C(NC[C@@H]1Cc2cc(F)cc(-c3cncnc3)c2O1)C1(c2ccc(Cl)cc2)CCC1. The lowest BCUT2D eigenvalue weighted by Gasteiger charge is -2.41. The molecule has 0 spiro atoms. The predicted molar refractivity (Wildman–Crippen MR) is 116 cm³/mol. The summed E-state index contributed by atoms with van der Waals surface area (Å²) in [7, 11) is 0. The van der Waals surface area contributed by atoms with Crippen LogP contribution >= 0.6 is 11.6 Å². The van der Waals surface area contributed by atoms with Crippen LogP contribution < -0.4 is 10.1 Å². The summed E-state index contributed by atoms with van der Waals surface area (Å²) in [6.45, 7) is 0.356. The molecule has 158 valence electrons. The van der Waals surface area contributed by atoms with Crippen LogP contribution in [0.1, 0.15) is 30.4 Å². The topological polar surface area (TPSA) is 64.1 Å². The molecule has 5 rings (SSSR count). The first kappa shape index (κ1) is 19.9. The standard InChI is InChI=1S/C24H21ClFN3O2/c25-18-4-2-17(3-5-18)24(6-1-7-24)23(30)29-13-20-9-15-8-19(26)10-21(22(15)31-20)16-11-27-14-28-12-16/h2-5,8,10-12,14,20H,1,6-7,9,13H2,(H,29,30)/t20-/m0/s1. The quantitative estimate of drug-likeness (QED) is 0.639. The van der Waals surface area contributed by atoms with Crippen molar-refractivity contribution in [3.05, 3.63) is 77.1 Å². The van der Waals surface area contributed by atoms with Gasteiger partial charge in [-0.1, -0.05) is 30.2 Å². The van der Waals surface area contributed by atoms with E-state index in [9.17, 15) is 9.18 Å². The average molecular weight is 438 g/mol. The highest BCUT2D eigenvalue weighted by atomic mass is 35.5. The van der Waals surface area contributed by atoms with Crippen molar-refractivity contribution < 1.29 is 13.9 Å². The first-order valence-electron chi connectivity index (χ1n) is 10.3. The molecule has 2 aromatic carbocycles. The molecule has 2 heterocycles. The number of carbonyl (C=O) groups excluding carboxylic acids is 1. The normalized spacial score (nSPS) is 18.6. The third kappa shape index (κ3) is 3.65. The van der Waals surface area contributed by atoms with Crippen LogP contribution in [0.15, 0.2) is 55.1 Å². The third-order valence-corrected chi connectivity index (χ3v) is 6.52. The van der Waals surface area contributed by atoms with Gasteiger partial charge >= 0.3 is 0 Å². The lowest BCUT2D eigenvalue weighted by molar-refractivity contribution is -0.130. The minimum absolute atomic E-state index is 0.00323. The van der Waals surface area contributed by atoms with Gasteiger partial charge in [0.05, 0.1) is 12.0 Å². The Morgan fingerprint density at radius 2 is 1.94 bits per heavy atom. The van der Waals surface area contributed by atoms with E-state index >= 15 is 0 Å². The number of halogens is 2. The van der Waals surface area contributed by atoms with Gasteiger partial charge in [-0.05, 0) is 42.7 Å². The van der Waals surface area contributed by atoms with Crippen LogP contribution in [0.2, 0.25) is 5.02 Å². The van der Waals surface area contributed by atoms with Crippen molar-refractivity contribution in [2.45, 2.75) is 37.2 Å². The molecule has 3 aromatic rings. The Morgan fingerprint density at radius 3 is 2.61 bits per heavy atom. The van der Waals surface area contributed by atoms with Crippen molar-refractivity contribution in [1.29, 1.82) is 0 Å². The van der Waals surface area contributed by atoms with E-state index in [1.807, 2.05) is 24.3 Å². The molecule has 7 heteroatoms. The number of fused-ring (bicyclic) bond motifs is 1. The number of carbonyl (C=O) groups is 1. The molecular formula is C24H21ClFN3O2. The van der Waals surface area contributed by atoms with Crippen molar-refractivity contribution in [2.75, 3.05) is 6.54 Å². The maximum absolute atomic E-state index is 14.2. The van der Waals surface area contributed by atoms with Crippen LogP contribution in [-0.4, -0.2) is 28.5 Å². The van der Waals surface area contributed by atoms with E-state index in [1.54, 1.807) is 12.4 Å². The zero-order valence-corrected chi connectivity index (χ0v) is 17.5. The van der Waals surface area contributed by atoms with Gasteiger partial charge in [-0.15, -0.1) is 0 Å². The maximum atomic E-state index is 14.2. The van der Waals surface area contributed by atoms with E-state index < -0.39 is 5.41 Å². The molecule has 0 saturated heterocycles. The van der Waals surface area contributed by atoms with Gasteiger partial charge in [0.1, 0.15) is 24.0 Å². The molecule has 0 unspecified atom stereocenters. The van der Waals surface area contributed by atoms with Crippen LogP contribution in [0, 0.1) is 5.82 Å². The van der Waals surface area contributed by atoms with Gasteiger partial charge < -0.3 is 10.1 Å². The van der Waals surface area contributed by atoms with E-state index in [4.69, 9.17) is 16.3 Å². The molecule has 1 saturated carbocycles. The van der Waals surface area contributed by atoms with E-state index in [0.717, 1.165) is 30.4 Å². The molecular weight excluding hydrogens is 417 g/mol. The largest absolute Gasteiger partial charge is 0.487 e. The summed E-state index contributed by atoms with van der Waals surface area (Å²) in [6.07, 6.45) is 7.61. The van der Waals surface area contributed by atoms with E-state index in [0.29, 0.717) is 34.9 Å². The number of rotatable bonds is 5. The Hall–Kier alpha value is -2.99. The molecule has 1 N–H and O–H groups in total. The first-order valence-corrected chi connectivity index (χ1v) is 10.7. The number of ether oxygens (including phenoxy) is 1. The molecule has 2 aliphatic rings. The first-order chi connectivity index (χ1) is 15.0. The smallest absolute Gasteiger partial charge is 0.230 e. The summed E-state index contributed by atoms with van der Waals surface area (Å²) in [6, 6.07) is 10.4. The van der Waals surface area contributed by atoms with Crippen LogP contribution in [0.4, 0.5) is 4.39 Å². The average Bonchev–Trinajstić information content (AvgIpc) is 3.15. The van der Waals surface area contributed by atoms with Crippen molar-refractivity contribution in [2.24, 2.45) is 0 Å². The summed E-state index contributed by atoms with van der Waals surface area (Å²) < 4.78 is 20.3. The Kier molecular flexibility index (Phi) is 5.10. The second kappa shape index (κ2) is 7.93. The highest BCUT2D eigenvalue weighted by Crippen LogP contribution is 2.44. The number of hydrogen-bond donors (Lipinski definition) is 1. The molecule has 5 nitrogen and oxygen atoms in total. The number of benzene rings is 2. The molecule has 0 bridgehead atoms. The Labute approximate surface area is 184 Å². The molecule has 0 radical (unpaired) electrons. The van der Waals surface area contributed by atoms with Gasteiger partial charge in [0.15, 0.2) is 0 Å². The van der Waals surface area contributed by atoms with Gasteiger partial charge in [-0.2, -0.15) is 0 Å². The van der Waals surface area contributed by atoms with Crippen molar-refractivity contribution in [1.82, 2.24) is 15.3 Å². The minimum Gasteiger partial charge on any atom is -0.487 e. The number of nitrogens with one attached hydrogen (secondary N) is 1. The number of nitrogens with zero attached hydrogens (tertiary/aromatic N) is 2. The molecule has 1 atom stereocenters.